The lowest BCUT2D eigenvalue weighted by Crippen LogP contribution is -2.46. The lowest BCUT2D eigenvalue weighted by molar-refractivity contribution is 0.0819. The minimum absolute atomic E-state index is 0.0621. The van der Waals surface area contributed by atoms with Crippen LogP contribution in [0.1, 0.15) is 24.2 Å². The number of anilines is 1. The fourth-order valence-electron chi connectivity index (χ4n) is 1.51. The maximum Gasteiger partial charge on any atom is 0.252 e. The Morgan fingerprint density at radius 1 is 1.56 bits per heavy atom. The number of carbonyl (C=O) groups excluding carboxylic acids is 1. The molecule has 100 valence electrons. The van der Waals surface area contributed by atoms with Gasteiger partial charge in [0.25, 0.3) is 5.91 Å². The number of nitrogens with one attached hydrogen (secondary N) is 1. The first-order chi connectivity index (χ1) is 8.26. The lowest BCUT2D eigenvalue weighted by Gasteiger charge is -2.25. The Hall–Kier alpha value is -1.14. The minimum Gasteiger partial charge on any atom is -0.396 e. The molecule has 0 aliphatic heterocycles. The normalized spacial score (nSPS) is 11.4. The van der Waals surface area contributed by atoms with Gasteiger partial charge < -0.3 is 15.8 Å². The van der Waals surface area contributed by atoms with Gasteiger partial charge in [0.2, 0.25) is 0 Å². The molecule has 0 radical (unpaired) electrons. The van der Waals surface area contributed by atoms with Crippen molar-refractivity contribution in [2.75, 3.05) is 19.5 Å². The predicted molar refractivity (Wildman–Crippen MR) is 71.9 cm³/mol. The number of benzene rings is 1. The highest BCUT2D eigenvalue weighted by Gasteiger charge is 2.22. The minimum atomic E-state index is -0.561. The van der Waals surface area contributed by atoms with Gasteiger partial charge in [-0.25, -0.2) is 4.39 Å². The number of halogens is 2. The van der Waals surface area contributed by atoms with Gasteiger partial charge in [-0.15, -0.1) is 0 Å². The summed E-state index contributed by atoms with van der Waals surface area (Å²) < 4.78 is 18.5. The number of hydrogen-bond donors (Lipinski definition) is 2. The molecule has 0 spiro atoms. The van der Waals surface area contributed by atoms with Gasteiger partial charge in [0.15, 0.2) is 0 Å². The van der Waals surface area contributed by atoms with Crippen LogP contribution in [0.5, 0.6) is 0 Å². The fraction of sp³-hybridized carbons (Fsp3) is 0.417. The first kappa shape index (κ1) is 14.9. The number of methoxy groups -OCH3 is 1. The summed E-state index contributed by atoms with van der Waals surface area (Å²) >= 11 is 3.14. The van der Waals surface area contributed by atoms with Crippen molar-refractivity contribution in [3.05, 3.63) is 28.0 Å². The van der Waals surface area contributed by atoms with E-state index in [2.05, 4.69) is 21.2 Å². The highest BCUT2D eigenvalue weighted by atomic mass is 79.9. The quantitative estimate of drug-likeness (QED) is 0.837. The van der Waals surface area contributed by atoms with E-state index in [1.165, 1.54) is 12.1 Å². The third kappa shape index (κ3) is 3.68. The van der Waals surface area contributed by atoms with E-state index in [-0.39, 0.29) is 17.2 Å². The third-order valence-corrected chi connectivity index (χ3v) is 2.94. The molecule has 0 heterocycles. The van der Waals surface area contributed by atoms with E-state index >= 15 is 0 Å². The summed E-state index contributed by atoms with van der Waals surface area (Å²) in [6.45, 7) is 4.03. The van der Waals surface area contributed by atoms with Crippen molar-refractivity contribution in [2.45, 2.75) is 19.4 Å². The topological polar surface area (TPSA) is 64.3 Å². The summed E-state index contributed by atoms with van der Waals surface area (Å²) in [7, 11) is 1.56. The Bertz CT molecular complexity index is 464. The summed E-state index contributed by atoms with van der Waals surface area (Å²) in [5.74, 6) is -0.898. The standard InChI is InChI=1S/C12H16BrFN2O2/c1-12(2,6-18-3)16-11(17)7-4-10(15)9(14)5-8(7)13/h4-5H,6,15H2,1-3H3,(H,16,17). The number of amides is 1. The van der Waals surface area contributed by atoms with Crippen LogP contribution in [-0.4, -0.2) is 25.2 Å². The Kier molecular flexibility index (Phi) is 4.70. The molecular weight excluding hydrogens is 303 g/mol. The Balaban J connectivity index is 2.95. The van der Waals surface area contributed by atoms with Crippen LogP contribution in [0.15, 0.2) is 16.6 Å². The van der Waals surface area contributed by atoms with Gasteiger partial charge in [0, 0.05) is 11.6 Å². The molecule has 3 N–H and O–H groups in total. The van der Waals surface area contributed by atoms with Crippen LogP contribution in [0.4, 0.5) is 10.1 Å². The summed E-state index contributed by atoms with van der Waals surface area (Å²) in [5, 5.41) is 2.79. The molecule has 1 aromatic rings. The summed E-state index contributed by atoms with van der Waals surface area (Å²) in [6, 6.07) is 2.48. The number of carbonyl (C=O) groups is 1. The predicted octanol–water partition coefficient (Wildman–Crippen LogP) is 2.33. The molecule has 18 heavy (non-hydrogen) atoms. The molecule has 1 amide bonds. The summed E-state index contributed by atoms with van der Waals surface area (Å²) in [4.78, 5) is 12.0. The van der Waals surface area contributed by atoms with Crippen molar-refractivity contribution < 1.29 is 13.9 Å². The second-order valence-corrected chi connectivity index (χ2v) is 5.48. The van der Waals surface area contributed by atoms with Crippen molar-refractivity contribution >= 4 is 27.5 Å². The zero-order valence-corrected chi connectivity index (χ0v) is 12.1. The number of rotatable bonds is 4. The van der Waals surface area contributed by atoms with Gasteiger partial charge in [0.1, 0.15) is 5.82 Å². The smallest absolute Gasteiger partial charge is 0.252 e. The average Bonchev–Trinajstić information content (AvgIpc) is 2.22. The third-order valence-electron chi connectivity index (χ3n) is 2.29. The number of hydrogen-bond acceptors (Lipinski definition) is 3. The Labute approximate surface area is 114 Å². The van der Waals surface area contributed by atoms with E-state index in [0.717, 1.165) is 0 Å². The molecular formula is C12H16BrFN2O2. The number of nitrogens with two attached hydrogens (primary N) is 1. The molecule has 0 bridgehead atoms. The molecule has 0 atom stereocenters. The van der Waals surface area contributed by atoms with Gasteiger partial charge in [-0.3, -0.25) is 4.79 Å². The number of nitrogen functional groups attached to an aromatic ring is 1. The van der Waals surface area contributed by atoms with Crippen LogP contribution in [0.2, 0.25) is 0 Å². The monoisotopic (exact) mass is 318 g/mol. The van der Waals surface area contributed by atoms with Gasteiger partial charge >= 0.3 is 0 Å². The van der Waals surface area contributed by atoms with Crippen molar-refractivity contribution in [3.63, 3.8) is 0 Å². The maximum atomic E-state index is 13.2. The van der Waals surface area contributed by atoms with Gasteiger partial charge in [-0.2, -0.15) is 0 Å². The average molecular weight is 319 g/mol. The summed E-state index contributed by atoms with van der Waals surface area (Å²) in [5.41, 5.74) is 5.16. The molecule has 0 aromatic heterocycles. The fourth-order valence-corrected chi connectivity index (χ4v) is 2.01. The lowest BCUT2D eigenvalue weighted by atomic mass is 10.1. The molecule has 0 aliphatic rings. The van der Waals surface area contributed by atoms with Gasteiger partial charge in [0.05, 0.1) is 23.4 Å². The Morgan fingerprint density at radius 2 is 2.17 bits per heavy atom. The Morgan fingerprint density at radius 3 is 2.72 bits per heavy atom. The molecule has 0 saturated carbocycles. The van der Waals surface area contributed by atoms with Crippen LogP contribution < -0.4 is 11.1 Å². The zero-order valence-electron chi connectivity index (χ0n) is 10.5. The largest absolute Gasteiger partial charge is 0.396 e. The molecule has 1 rings (SSSR count). The van der Waals surface area contributed by atoms with Crippen molar-refractivity contribution in [1.29, 1.82) is 0 Å². The van der Waals surface area contributed by atoms with Crippen molar-refractivity contribution in [3.8, 4) is 0 Å². The van der Waals surface area contributed by atoms with E-state index in [1.54, 1.807) is 7.11 Å². The van der Waals surface area contributed by atoms with Crippen LogP contribution in [0, 0.1) is 5.82 Å². The molecule has 6 heteroatoms. The summed E-state index contributed by atoms with van der Waals surface area (Å²) in [6.07, 6.45) is 0. The van der Waals surface area contributed by atoms with E-state index < -0.39 is 11.4 Å². The highest BCUT2D eigenvalue weighted by Crippen LogP contribution is 2.23. The van der Waals surface area contributed by atoms with E-state index in [1.807, 2.05) is 13.8 Å². The van der Waals surface area contributed by atoms with E-state index in [0.29, 0.717) is 11.1 Å². The van der Waals surface area contributed by atoms with Crippen molar-refractivity contribution in [2.24, 2.45) is 0 Å². The molecule has 1 aromatic carbocycles. The SMILES string of the molecule is COCC(C)(C)NC(=O)c1cc(N)c(F)cc1Br. The van der Waals surface area contributed by atoms with Crippen LogP contribution in [0.3, 0.4) is 0 Å². The second-order valence-electron chi connectivity index (χ2n) is 4.62. The molecule has 0 fully saturated rings. The highest BCUT2D eigenvalue weighted by molar-refractivity contribution is 9.10. The van der Waals surface area contributed by atoms with Gasteiger partial charge in [-0.1, -0.05) is 0 Å². The van der Waals surface area contributed by atoms with Crippen LogP contribution in [0.25, 0.3) is 0 Å². The molecule has 4 nitrogen and oxygen atoms in total. The van der Waals surface area contributed by atoms with Crippen LogP contribution >= 0.6 is 15.9 Å². The van der Waals surface area contributed by atoms with Gasteiger partial charge in [-0.05, 0) is 41.9 Å². The molecule has 0 unspecified atom stereocenters. The van der Waals surface area contributed by atoms with E-state index in [9.17, 15) is 9.18 Å². The first-order valence-electron chi connectivity index (χ1n) is 5.33. The zero-order chi connectivity index (χ0) is 13.9. The van der Waals surface area contributed by atoms with Crippen LogP contribution in [-0.2, 0) is 4.74 Å². The molecule has 0 saturated heterocycles. The van der Waals surface area contributed by atoms with Crippen molar-refractivity contribution in [1.82, 2.24) is 5.32 Å². The number of ether oxygens (including phenoxy) is 1. The maximum absolute atomic E-state index is 13.2. The van der Waals surface area contributed by atoms with E-state index in [4.69, 9.17) is 10.5 Å². The second kappa shape index (κ2) is 5.67. The molecule has 0 aliphatic carbocycles. The first-order valence-corrected chi connectivity index (χ1v) is 6.12.